The topological polar surface area (TPSA) is 81.4 Å². The molecule has 3 unspecified atom stereocenters. The Morgan fingerprint density at radius 3 is 2.58 bits per heavy atom. The minimum atomic E-state index is -0.892. The van der Waals surface area contributed by atoms with Crippen molar-refractivity contribution in [3.05, 3.63) is 12.7 Å². The number of aldehydes is 1. The van der Waals surface area contributed by atoms with Gasteiger partial charge in [0, 0.05) is 6.04 Å². The van der Waals surface area contributed by atoms with E-state index in [1.165, 1.54) is 0 Å². The van der Waals surface area contributed by atoms with E-state index in [-0.39, 0.29) is 12.0 Å². The van der Waals surface area contributed by atoms with Gasteiger partial charge in [-0.15, -0.1) is 6.58 Å². The number of allylic oxidation sites excluding steroid dienone is 1. The molecule has 5 heteroatoms. The van der Waals surface area contributed by atoms with Crippen LogP contribution in [-0.4, -0.2) is 29.6 Å². The summed E-state index contributed by atoms with van der Waals surface area (Å²) in [5.74, 6) is 0.129. The van der Waals surface area contributed by atoms with Gasteiger partial charge in [-0.25, -0.2) is 4.79 Å². The monoisotopic (exact) mass is 268 g/mol. The first kappa shape index (κ1) is 15.7. The minimum Gasteiger partial charge on any atom is -0.444 e. The Labute approximate surface area is 114 Å². The first-order valence-corrected chi connectivity index (χ1v) is 6.55. The Morgan fingerprint density at radius 1 is 1.47 bits per heavy atom. The van der Waals surface area contributed by atoms with E-state index in [0.717, 1.165) is 12.7 Å². The van der Waals surface area contributed by atoms with Crippen molar-refractivity contribution in [2.45, 2.75) is 57.2 Å². The highest BCUT2D eigenvalue weighted by atomic mass is 16.6. The maximum Gasteiger partial charge on any atom is 0.407 e. The molecule has 19 heavy (non-hydrogen) atoms. The molecule has 0 aliphatic heterocycles. The number of nitrogens with one attached hydrogen (secondary N) is 1. The Morgan fingerprint density at radius 2 is 2.11 bits per heavy atom. The molecule has 0 saturated heterocycles. The summed E-state index contributed by atoms with van der Waals surface area (Å²) >= 11 is 0. The van der Waals surface area contributed by atoms with Gasteiger partial charge in [0.1, 0.15) is 11.9 Å². The van der Waals surface area contributed by atoms with Crippen molar-refractivity contribution in [1.29, 1.82) is 0 Å². The van der Waals surface area contributed by atoms with Gasteiger partial charge in [0.2, 0.25) is 0 Å². The van der Waals surface area contributed by atoms with Crippen molar-refractivity contribution in [3.8, 4) is 0 Å². The molecule has 1 saturated carbocycles. The molecule has 0 heterocycles. The van der Waals surface area contributed by atoms with Crippen LogP contribution in [0.5, 0.6) is 0 Å². The highest BCUT2D eigenvalue weighted by Crippen LogP contribution is 2.30. The van der Waals surface area contributed by atoms with Gasteiger partial charge in [-0.2, -0.15) is 0 Å². The molecule has 0 aromatic carbocycles. The Balaban J connectivity index is 2.64. The van der Waals surface area contributed by atoms with Crippen molar-refractivity contribution in [2.75, 3.05) is 0 Å². The first-order valence-electron chi connectivity index (χ1n) is 6.55. The second-order valence-corrected chi connectivity index (χ2v) is 6.33. The van der Waals surface area contributed by atoms with E-state index in [1.807, 2.05) is 0 Å². The largest absolute Gasteiger partial charge is 0.444 e. The summed E-state index contributed by atoms with van der Waals surface area (Å²) in [4.78, 5) is 22.8. The summed E-state index contributed by atoms with van der Waals surface area (Å²) in [6, 6.07) is -0.165. The summed E-state index contributed by atoms with van der Waals surface area (Å²) in [6.07, 6.45) is 3.82. The van der Waals surface area contributed by atoms with E-state index in [1.54, 1.807) is 26.8 Å². The van der Waals surface area contributed by atoms with Gasteiger partial charge in [0.15, 0.2) is 0 Å². The molecule has 1 aliphatic carbocycles. The van der Waals surface area contributed by atoms with Crippen LogP contribution in [0.1, 0.15) is 40.0 Å². The van der Waals surface area contributed by atoms with Crippen LogP contribution in [0.15, 0.2) is 12.7 Å². The van der Waals surface area contributed by atoms with E-state index in [0.29, 0.717) is 12.8 Å². The second-order valence-electron chi connectivity index (χ2n) is 6.33. The molecule has 0 radical (unpaired) electrons. The first-order chi connectivity index (χ1) is 8.67. The molecule has 1 fully saturated rings. The van der Waals surface area contributed by atoms with Gasteiger partial charge in [-0.1, -0.05) is 6.08 Å². The van der Waals surface area contributed by atoms with Gasteiger partial charge in [0.05, 0.1) is 5.54 Å². The number of alkyl carbamates (subject to hydrolysis) is 1. The molecule has 108 valence electrons. The Kier molecular flexibility index (Phi) is 4.74. The molecule has 1 aliphatic rings. The SMILES string of the molecule is C=CC1CC(NC(=O)OC(C)(C)C)CC(N)(C=O)C1. The molecule has 3 atom stereocenters. The standard InChI is InChI=1S/C14H24N2O3/c1-5-10-6-11(8-14(15,7-10)9-17)16-12(18)19-13(2,3)4/h5,9-11H,1,6-8,15H2,2-4H3,(H,16,18). The van der Waals surface area contributed by atoms with Crippen LogP contribution in [0.2, 0.25) is 0 Å². The van der Waals surface area contributed by atoms with Crippen LogP contribution in [0.3, 0.4) is 0 Å². The number of nitrogens with two attached hydrogens (primary N) is 1. The predicted molar refractivity (Wildman–Crippen MR) is 73.7 cm³/mol. The van der Waals surface area contributed by atoms with Crippen LogP contribution in [0.4, 0.5) is 4.79 Å². The number of amides is 1. The van der Waals surface area contributed by atoms with Gasteiger partial charge in [-0.05, 0) is 46.0 Å². The van der Waals surface area contributed by atoms with E-state index in [4.69, 9.17) is 10.5 Å². The van der Waals surface area contributed by atoms with Crippen molar-refractivity contribution < 1.29 is 14.3 Å². The average molecular weight is 268 g/mol. The molecule has 1 amide bonds. The van der Waals surface area contributed by atoms with Gasteiger partial charge in [-0.3, -0.25) is 0 Å². The number of ether oxygens (including phenoxy) is 1. The van der Waals surface area contributed by atoms with Crippen LogP contribution in [-0.2, 0) is 9.53 Å². The number of carbonyl (C=O) groups is 2. The molecular formula is C14H24N2O3. The summed E-state index contributed by atoms with van der Waals surface area (Å²) in [5.41, 5.74) is 4.58. The van der Waals surface area contributed by atoms with E-state index < -0.39 is 17.2 Å². The number of carbonyl (C=O) groups excluding carboxylic acids is 2. The summed E-state index contributed by atoms with van der Waals surface area (Å²) < 4.78 is 5.21. The second kappa shape index (κ2) is 5.74. The van der Waals surface area contributed by atoms with Crippen molar-refractivity contribution in [1.82, 2.24) is 5.32 Å². The fourth-order valence-corrected chi connectivity index (χ4v) is 2.42. The molecule has 0 spiro atoms. The molecular weight excluding hydrogens is 244 g/mol. The highest BCUT2D eigenvalue weighted by molar-refractivity contribution is 5.69. The third-order valence-corrected chi connectivity index (χ3v) is 3.14. The summed E-state index contributed by atoms with van der Waals surface area (Å²) in [5, 5.41) is 2.78. The lowest BCUT2D eigenvalue weighted by molar-refractivity contribution is -0.113. The van der Waals surface area contributed by atoms with Gasteiger partial charge >= 0.3 is 6.09 Å². The fourth-order valence-electron chi connectivity index (χ4n) is 2.42. The summed E-state index contributed by atoms with van der Waals surface area (Å²) in [7, 11) is 0. The van der Waals surface area contributed by atoms with Gasteiger partial charge in [0.25, 0.3) is 0 Å². The smallest absolute Gasteiger partial charge is 0.407 e. The lowest BCUT2D eigenvalue weighted by Gasteiger charge is -2.38. The van der Waals surface area contributed by atoms with Crippen LogP contribution < -0.4 is 11.1 Å². The summed E-state index contributed by atoms with van der Waals surface area (Å²) in [6.45, 7) is 9.15. The van der Waals surface area contributed by atoms with Crippen molar-refractivity contribution in [3.63, 3.8) is 0 Å². The quantitative estimate of drug-likeness (QED) is 0.603. The third kappa shape index (κ3) is 5.03. The van der Waals surface area contributed by atoms with E-state index in [2.05, 4.69) is 11.9 Å². The number of hydrogen-bond donors (Lipinski definition) is 2. The highest BCUT2D eigenvalue weighted by Gasteiger charge is 2.37. The van der Waals surface area contributed by atoms with E-state index in [9.17, 15) is 9.59 Å². The average Bonchev–Trinajstić information content (AvgIpc) is 2.25. The molecule has 0 aromatic heterocycles. The Hall–Kier alpha value is -1.36. The third-order valence-electron chi connectivity index (χ3n) is 3.14. The number of hydrogen-bond acceptors (Lipinski definition) is 4. The van der Waals surface area contributed by atoms with Crippen LogP contribution >= 0.6 is 0 Å². The zero-order valence-corrected chi connectivity index (χ0v) is 11.9. The van der Waals surface area contributed by atoms with Gasteiger partial charge < -0.3 is 20.6 Å². The lowest BCUT2D eigenvalue weighted by Crippen LogP contribution is -2.54. The maximum absolute atomic E-state index is 11.7. The minimum absolute atomic E-state index is 0.129. The molecule has 0 bridgehead atoms. The lowest BCUT2D eigenvalue weighted by atomic mass is 9.74. The van der Waals surface area contributed by atoms with E-state index >= 15 is 0 Å². The molecule has 1 rings (SSSR count). The zero-order chi connectivity index (χ0) is 14.7. The predicted octanol–water partition coefficient (Wildman–Crippen LogP) is 1.76. The number of rotatable bonds is 3. The zero-order valence-electron chi connectivity index (χ0n) is 11.9. The molecule has 0 aromatic rings. The van der Waals surface area contributed by atoms with Crippen LogP contribution in [0, 0.1) is 5.92 Å². The van der Waals surface area contributed by atoms with Crippen molar-refractivity contribution in [2.24, 2.45) is 11.7 Å². The molecule has 5 nitrogen and oxygen atoms in total. The molecule has 3 N–H and O–H groups in total. The normalized spacial score (nSPS) is 31.4. The van der Waals surface area contributed by atoms with Crippen LogP contribution in [0.25, 0.3) is 0 Å². The Bertz CT molecular complexity index is 362. The van der Waals surface area contributed by atoms with Crippen molar-refractivity contribution >= 4 is 12.4 Å². The maximum atomic E-state index is 11.7. The fraction of sp³-hybridized carbons (Fsp3) is 0.714.